The number of rotatable bonds is 9. The van der Waals surface area contributed by atoms with E-state index < -0.39 is 30.3 Å². The summed E-state index contributed by atoms with van der Waals surface area (Å²) in [5.41, 5.74) is 8.59. The maximum absolute atomic E-state index is 12.7. The van der Waals surface area contributed by atoms with E-state index in [1.54, 1.807) is 55.5 Å². The Labute approximate surface area is 340 Å². The fraction of sp³-hybridized carbons (Fsp3) is 0.357. The van der Waals surface area contributed by atoms with Crippen molar-refractivity contribution >= 4 is 6.16 Å². The van der Waals surface area contributed by atoms with Gasteiger partial charge in [0.2, 0.25) is 11.6 Å². The molecule has 0 amide bonds. The van der Waals surface area contributed by atoms with Crippen LogP contribution in [0.4, 0.5) is 31.1 Å². The second kappa shape index (κ2) is 17.9. The fourth-order valence-corrected chi connectivity index (χ4v) is 6.17. The third-order valence-electron chi connectivity index (χ3n) is 9.58. The minimum absolute atomic E-state index is 0.0111. The Hall–Kier alpha value is -6.33. The average Bonchev–Trinajstić information content (AvgIpc) is 3.90. The van der Waals surface area contributed by atoms with Crippen molar-refractivity contribution in [3.8, 4) is 28.5 Å². The number of ether oxygens (including phenoxy) is 2. The van der Waals surface area contributed by atoms with E-state index in [-0.39, 0.29) is 28.9 Å². The van der Waals surface area contributed by atoms with Crippen LogP contribution in [-0.2, 0) is 29.9 Å². The molecule has 0 saturated heterocycles. The highest BCUT2D eigenvalue weighted by atomic mass is 19.4. The topological polar surface area (TPSA) is 159 Å². The molecule has 318 valence electrons. The number of hydrogen-bond donors (Lipinski definition) is 1. The van der Waals surface area contributed by atoms with Gasteiger partial charge in [0.15, 0.2) is 5.43 Å². The van der Waals surface area contributed by atoms with Crippen molar-refractivity contribution in [3.63, 3.8) is 0 Å². The number of hydrogen-bond acceptors (Lipinski definition) is 11. The molecule has 0 aliphatic heterocycles. The smallest absolute Gasteiger partial charge is 0.437 e. The maximum atomic E-state index is 12.7. The molecule has 2 aromatic carbocycles. The molecular formula is C42H42F6N6O6. The normalized spacial score (nSPS) is 11.8. The first-order chi connectivity index (χ1) is 28.1. The average molecular weight is 841 g/mol. The first-order valence-electron chi connectivity index (χ1n) is 18.6. The molecule has 12 nitrogen and oxygen atoms in total. The van der Waals surface area contributed by atoms with Crippen LogP contribution in [0.15, 0.2) is 62.4 Å². The number of methoxy groups -OCH3 is 1. The van der Waals surface area contributed by atoms with Crippen LogP contribution in [0.25, 0.3) is 22.8 Å². The van der Waals surface area contributed by atoms with Crippen LogP contribution in [0.5, 0.6) is 5.75 Å². The summed E-state index contributed by atoms with van der Waals surface area (Å²) >= 11 is 0. The van der Waals surface area contributed by atoms with Crippen LogP contribution < -0.4 is 10.2 Å². The van der Waals surface area contributed by atoms with E-state index in [9.17, 15) is 35.9 Å². The van der Waals surface area contributed by atoms with E-state index in [1.807, 2.05) is 48.5 Å². The molecule has 0 fully saturated rings. The molecule has 0 bridgehead atoms. The zero-order valence-electron chi connectivity index (χ0n) is 34.1. The van der Waals surface area contributed by atoms with Crippen molar-refractivity contribution in [2.24, 2.45) is 0 Å². The van der Waals surface area contributed by atoms with E-state index in [0.717, 1.165) is 45.0 Å². The molecule has 0 atom stereocenters. The minimum Gasteiger partial charge on any atom is -0.437 e. The fourth-order valence-electron chi connectivity index (χ4n) is 6.17. The highest BCUT2D eigenvalue weighted by molar-refractivity contribution is 5.66. The number of aromatic amines is 1. The maximum Gasteiger partial charge on any atom is 0.513 e. The van der Waals surface area contributed by atoms with Gasteiger partial charge in [-0.2, -0.15) is 36.3 Å². The number of nitrogens with zero attached hydrogens (tertiary/aromatic N) is 5. The Balaban J connectivity index is 0.000000230. The van der Waals surface area contributed by atoms with Gasteiger partial charge in [0.1, 0.15) is 5.75 Å². The van der Waals surface area contributed by atoms with Gasteiger partial charge in [0.25, 0.3) is 0 Å². The molecule has 0 spiro atoms. The highest BCUT2D eigenvalue weighted by Gasteiger charge is 2.39. The number of alkyl halides is 6. The van der Waals surface area contributed by atoms with Crippen LogP contribution in [0.3, 0.4) is 0 Å². The Morgan fingerprint density at radius 2 is 1.17 bits per heavy atom. The molecule has 60 heavy (non-hydrogen) atoms. The molecule has 18 heteroatoms. The van der Waals surface area contributed by atoms with Crippen molar-refractivity contribution in [3.05, 3.63) is 127 Å². The third kappa shape index (κ3) is 10.3. The second-order valence-electron chi connectivity index (χ2n) is 14.6. The first-order valence-corrected chi connectivity index (χ1v) is 18.6. The zero-order valence-corrected chi connectivity index (χ0v) is 34.1. The number of aryl methyl sites for hydroxylation is 2. The summed E-state index contributed by atoms with van der Waals surface area (Å²) in [7, 11) is 1.23. The lowest BCUT2D eigenvalue weighted by molar-refractivity contribution is -0.160. The van der Waals surface area contributed by atoms with E-state index in [1.165, 1.54) is 7.11 Å². The number of carbonyl (C=O) groups excluding carboxylic acids is 1. The second-order valence-corrected chi connectivity index (χ2v) is 14.6. The van der Waals surface area contributed by atoms with Gasteiger partial charge in [-0.05, 0) is 50.7 Å². The van der Waals surface area contributed by atoms with Gasteiger partial charge in [-0.3, -0.25) is 9.78 Å². The first kappa shape index (κ1) is 44.8. The number of nitrogens with one attached hydrogen (secondary N) is 1. The van der Waals surface area contributed by atoms with Gasteiger partial charge in [-0.25, -0.2) is 4.79 Å². The van der Waals surface area contributed by atoms with Gasteiger partial charge in [0, 0.05) is 63.3 Å². The van der Waals surface area contributed by atoms with E-state index >= 15 is 0 Å². The Morgan fingerprint density at radius 3 is 1.57 bits per heavy atom. The Bertz CT molecular complexity index is 2520. The Morgan fingerprint density at radius 1 is 0.700 bits per heavy atom. The predicted molar refractivity (Wildman–Crippen MR) is 207 cm³/mol. The molecule has 4 heterocycles. The Kier molecular flexibility index (Phi) is 13.3. The van der Waals surface area contributed by atoms with Crippen molar-refractivity contribution in [1.82, 2.24) is 30.2 Å². The molecule has 1 N–H and O–H groups in total. The monoisotopic (exact) mass is 840 g/mol. The van der Waals surface area contributed by atoms with Crippen molar-refractivity contribution in [1.29, 1.82) is 0 Å². The lowest BCUT2D eigenvalue weighted by atomic mass is 9.94. The predicted octanol–water partition coefficient (Wildman–Crippen LogP) is 10.4. The van der Waals surface area contributed by atoms with Gasteiger partial charge >= 0.3 is 30.3 Å². The molecular weight excluding hydrogens is 798 g/mol. The number of carbonyl (C=O) groups is 1. The number of H-pyrrole nitrogens is 1. The lowest BCUT2D eigenvalue weighted by Crippen LogP contribution is -2.20. The van der Waals surface area contributed by atoms with Gasteiger partial charge < -0.3 is 23.5 Å². The summed E-state index contributed by atoms with van der Waals surface area (Å²) in [4.78, 5) is 39.4. The van der Waals surface area contributed by atoms with E-state index in [4.69, 9.17) is 4.74 Å². The summed E-state index contributed by atoms with van der Waals surface area (Å²) in [6, 6.07) is 13.4. The molecule has 6 aromatic rings. The summed E-state index contributed by atoms with van der Waals surface area (Å²) in [6.45, 7) is 15.3. The molecule has 0 aliphatic carbocycles. The summed E-state index contributed by atoms with van der Waals surface area (Å²) < 4.78 is 94.5. The molecule has 0 radical (unpaired) electrons. The quantitative estimate of drug-likeness (QED) is 0.109. The van der Waals surface area contributed by atoms with Crippen LogP contribution >= 0.6 is 0 Å². The molecule has 0 unspecified atom stereocenters. The number of aromatic nitrogens is 6. The molecule has 4 aromatic heterocycles. The van der Waals surface area contributed by atoms with Crippen molar-refractivity contribution in [2.75, 3.05) is 7.11 Å². The lowest BCUT2D eigenvalue weighted by Gasteiger charge is -2.19. The number of halogens is 6. The van der Waals surface area contributed by atoms with E-state index in [0.29, 0.717) is 40.8 Å². The van der Waals surface area contributed by atoms with Gasteiger partial charge in [-0.1, -0.05) is 86.5 Å². The van der Waals surface area contributed by atoms with Crippen LogP contribution in [0, 0.1) is 27.7 Å². The van der Waals surface area contributed by atoms with E-state index in [2.05, 4.69) is 44.0 Å². The van der Waals surface area contributed by atoms with Crippen LogP contribution in [0.2, 0.25) is 0 Å². The minimum atomic E-state index is -4.70. The van der Waals surface area contributed by atoms with Crippen LogP contribution in [0.1, 0.15) is 107 Å². The van der Waals surface area contributed by atoms with Gasteiger partial charge in [0.05, 0.1) is 12.8 Å². The molecule has 0 saturated carbocycles. The molecule has 6 rings (SSSR count). The largest absolute Gasteiger partial charge is 0.513 e. The van der Waals surface area contributed by atoms with Crippen molar-refractivity contribution < 1.29 is 49.7 Å². The zero-order chi connectivity index (χ0) is 44.3. The summed E-state index contributed by atoms with van der Waals surface area (Å²) in [5.74, 6) is -2.46. The number of benzene rings is 2. The summed E-state index contributed by atoms with van der Waals surface area (Å²) in [5, 5.41) is 6.77. The SMILES string of the molecule is COC(=O)Oc1c(C)c(C)nc(C(C)C)c1Cc1ccc(-c2noc(C(F)(F)F)n2)cc1.Cc1[nH]c(C(C)C)c(Cc2ccc(-c3noc(C(F)(F)F)n3)cc2)c(=O)c1C. The van der Waals surface area contributed by atoms with Crippen molar-refractivity contribution in [2.45, 2.75) is 92.4 Å². The molecule has 0 aliphatic rings. The van der Waals surface area contributed by atoms with Crippen LogP contribution in [-0.4, -0.2) is 43.5 Å². The summed E-state index contributed by atoms with van der Waals surface area (Å²) in [6.07, 6.45) is -9.41. The third-order valence-corrected chi connectivity index (χ3v) is 9.58. The van der Waals surface area contributed by atoms with Gasteiger partial charge in [-0.15, -0.1) is 0 Å². The number of pyridine rings is 2. The highest BCUT2D eigenvalue weighted by Crippen LogP contribution is 2.35. The standard InChI is InChI=1S/C22H22F3N3O4.C20H20F3N3O2/c1-11(2)17-16(18(31-21(29)30-5)12(3)13(4)26-17)10-14-6-8-15(9-7-14)19-27-20(32-28-19)22(23,24)25;1-10(2)16-15(17(27)11(3)12(4)24-16)9-13-5-7-14(8-6-13)18-25-19(28-26-18)20(21,22)23/h6-9,11H,10H2,1-5H3;5-8,10H,9H2,1-4H3,(H,24,27).